The molecular formula is C17H24N2O4. The number of ether oxygens (including phenoxy) is 1. The molecular weight excluding hydrogens is 296 g/mol. The summed E-state index contributed by atoms with van der Waals surface area (Å²) in [7, 11) is 0. The molecule has 23 heavy (non-hydrogen) atoms. The quantitative estimate of drug-likeness (QED) is 0.714. The van der Waals surface area contributed by atoms with Crippen molar-refractivity contribution in [3.63, 3.8) is 0 Å². The van der Waals surface area contributed by atoms with E-state index in [0.717, 1.165) is 36.3 Å². The minimum Gasteiger partial charge on any atom is -0.480 e. The van der Waals surface area contributed by atoms with Gasteiger partial charge in [-0.2, -0.15) is 0 Å². The predicted octanol–water partition coefficient (Wildman–Crippen LogP) is 1.85. The molecule has 0 unspecified atom stereocenters. The zero-order valence-corrected chi connectivity index (χ0v) is 13.6. The van der Waals surface area contributed by atoms with E-state index in [0.29, 0.717) is 6.54 Å². The highest BCUT2D eigenvalue weighted by atomic mass is 16.5. The van der Waals surface area contributed by atoms with Crippen LogP contribution in [0.15, 0.2) is 18.2 Å². The maximum absolute atomic E-state index is 12.1. The standard InChI is InChI=1S/C17H24N2O4/c1-11-5-6-12(2)14(8-11)19-16(20)9-15(17(21)22)18-10-13-4-3-7-23-13/h5-6,8,13,15,18H,3-4,7,9-10H2,1-2H3,(H,19,20)(H,21,22)/t13-,15-/m1/s1. The Bertz CT molecular complexity index is 568. The Kier molecular flexibility index (Phi) is 6.12. The summed E-state index contributed by atoms with van der Waals surface area (Å²) in [5.41, 5.74) is 2.71. The van der Waals surface area contributed by atoms with Gasteiger partial charge in [-0.05, 0) is 43.9 Å². The molecule has 1 heterocycles. The molecule has 0 spiro atoms. The largest absolute Gasteiger partial charge is 0.480 e. The Balaban J connectivity index is 1.89. The number of rotatable bonds is 7. The number of carbonyl (C=O) groups is 2. The Morgan fingerprint density at radius 3 is 2.83 bits per heavy atom. The van der Waals surface area contributed by atoms with Crippen molar-refractivity contribution in [1.29, 1.82) is 0 Å². The highest BCUT2D eigenvalue weighted by Gasteiger charge is 2.24. The Labute approximate surface area is 136 Å². The summed E-state index contributed by atoms with van der Waals surface area (Å²) in [5.74, 6) is -1.34. The molecule has 2 rings (SSSR count). The number of aryl methyl sites for hydroxylation is 2. The first-order valence-electron chi connectivity index (χ1n) is 7.90. The van der Waals surface area contributed by atoms with Crippen LogP contribution in [0.25, 0.3) is 0 Å². The van der Waals surface area contributed by atoms with E-state index in [9.17, 15) is 14.7 Å². The van der Waals surface area contributed by atoms with Gasteiger partial charge in [0, 0.05) is 18.8 Å². The lowest BCUT2D eigenvalue weighted by Crippen LogP contribution is -2.43. The molecule has 1 amide bonds. The van der Waals surface area contributed by atoms with Gasteiger partial charge in [0.1, 0.15) is 6.04 Å². The second-order valence-electron chi connectivity index (χ2n) is 6.00. The molecule has 6 nitrogen and oxygen atoms in total. The summed E-state index contributed by atoms with van der Waals surface area (Å²) in [5, 5.41) is 15.0. The zero-order chi connectivity index (χ0) is 16.8. The van der Waals surface area contributed by atoms with E-state index >= 15 is 0 Å². The zero-order valence-electron chi connectivity index (χ0n) is 13.6. The van der Waals surface area contributed by atoms with Gasteiger partial charge in [-0.1, -0.05) is 12.1 Å². The number of hydrogen-bond donors (Lipinski definition) is 3. The minimum absolute atomic E-state index is 0.0407. The number of carboxylic acid groups (broad SMARTS) is 1. The number of amides is 1. The van der Waals surface area contributed by atoms with Crippen LogP contribution in [0.5, 0.6) is 0 Å². The van der Waals surface area contributed by atoms with Crippen LogP contribution in [0.1, 0.15) is 30.4 Å². The van der Waals surface area contributed by atoms with E-state index in [1.165, 1.54) is 0 Å². The van der Waals surface area contributed by atoms with E-state index < -0.39 is 12.0 Å². The van der Waals surface area contributed by atoms with Crippen LogP contribution in [0.4, 0.5) is 5.69 Å². The lowest BCUT2D eigenvalue weighted by molar-refractivity contribution is -0.141. The number of anilines is 1. The summed E-state index contributed by atoms with van der Waals surface area (Å²) in [4.78, 5) is 23.5. The van der Waals surface area contributed by atoms with E-state index in [4.69, 9.17) is 4.74 Å². The third-order valence-corrected chi connectivity index (χ3v) is 3.97. The van der Waals surface area contributed by atoms with Crippen LogP contribution in [-0.4, -0.2) is 42.3 Å². The van der Waals surface area contributed by atoms with Gasteiger partial charge in [0.2, 0.25) is 5.91 Å². The fourth-order valence-electron chi connectivity index (χ4n) is 2.58. The van der Waals surface area contributed by atoms with Crippen molar-refractivity contribution < 1.29 is 19.4 Å². The summed E-state index contributed by atoms with van der Waals surface area (Å²) < 4.78 is 5.46. The molecule has 0 aromatic heterocycles. The molecule has 0 radical (unpaired) electrons. The van der Waals surface area contributed by atoms with Crippen LogP contribution in [0.2, 0.25) is 0 Å². The van der Waals surface area contributed by atoms with Crippen molar-refractivity contribution in [2.45, 2.75) is 45.3 Å². The van der Waals surface area contributed by atoms with Crippen molar-refractivity contribution in [3.8, 4) is 0 Å². The number of carbonyl (C=O) groups excluding carboxylic acids is 1. The third kappa shape index (κ3) is 5.33. The second-order valence-corrected chi connectivity index (χ2v) is 6.00. The fraction of sp³-hybridized carbons (Fsp3) is 0.529. The van der Waals surface area contributed by atoms with E-state index in [2.05, 4.69) is 10.6 Å². The number of nitrogens with one attached hydrogen (secondary N) is 2. The highest BCUT2D eigenvalue weighted by molar-refractivity contribution is 5.94. The van der Waals surface area contributed by atoms with Crippen molar-refractivity contribution >= 4 is 17.6 Å². The molecule has 2 atom stereocenters. The van der Waals surface area contributed by atoms with E-state index in [1.54, 1.807) is 0 Å². The van der Waals surface area contributed by atoms with Crippen molar-refractivity contribution in [2.24, 2.45) is 0 Å². The normalized spacial score (nSPS) is 18.6. The number of benzene rings is 1. The third-order valence-electron chi connectivity index (χ3n) is 3.97. The van der Waals surface area contributed by atoms with Crippen LogP contribution >= 0.6 is 0 Å². The number of carboxylic acids is 1. The first-order chi connectivity index (χ1) is 11.0. The van der Waals surface area contributed by atoms with Gasteiger partial charge < -0.3 is 20.5 Å². The maximum Gasteiger partial charge on any atom is 0.321 e. The van der Waals surface area contributed by atoms with E-state index in [-0.39, 0.29) is 18.4 Å². The molecule has 1 aromatic rings. The van der Waals surface area contributed by atoms with Gasteiger partial charge >= 0.3 is 5.97 Å². The van der Waals surface area contributed by atoms with Crippen molar-refractivity contribution in [2.75, 3.05) is 18.5 Å². The summed E-state index contributed by atoms with van der Waals surface area (Å²) in [6, 6.07) is 4.86. The number of aliphatic carboxylic acids is 1. The number of hydrogen-bond acceptors (Lipinski definition) is 4. The van der Waals surface area contributed by atoms with Gasteiger partial charge in [0.25, 0.3) is 0 Å². The lowest BCUT2D eigenvalue weighted by Gasteiger charge is -2.17. The SMILES string of the molecule is Cc1ccc(C)c(NC(=O)C[C@@H](NC[C@H]2CCCO2)C(=O)O)c1. The fourth-order valence-corrected chi connectivity index (χ4v) is 2.58. The van der Waals surface area contributed by atoms with E-state index in [1.807, 2.05) is 32.0 Å². The van der Waals surface area contributed by atoms with Gasteiger partial charge in [-0.3, -0.25) is 9.59 Å². The maximum atomic E-state index is 12.1. The first-order valence-corrected chi connectivity index (χ1v) is 7.90. The molecule has 126 valence electrons. The van der Waals surface area contributed by atoms with Crippen LogP contribution in [0, 0.1) is 13.8 Å². The molecule has 1 saturated heterocycles. The Morgan fingerprint density at radius 1 is 1.39 bits per heavy atom. The molecule has 6 heteroatoms. The molecule has 1 fully saturated rings. The lowest BCUT2D eigenvalue weighted by atomic mass is 10.1. The Morgan fingerprint density at radius 2 is 2.17 bits per heavy atom. The van der Waals surface area contributed by atoms with Crippen LogP contribution in [0.3, 0.4) is 0 Å². The topological polar surface area (TPSA) is 87.7 Å². The van der Waals surface area contributed by atoms with Crippen LogP contribution < -0.4 is 10.6 Å². The second kappa shape index (κ2) is 8.08. The monoisotopic (exact) mass is 320 g/mol. The van der Waals surface area contributed by atoms with Gasteiger partial charge in [0.15, 0.2) is 0 Å². The van der Waals surface area contributed by atoms with Gasteiger partial charge in [0.05, 0.1) is 12.5 Å². The summed E-state index contributed by atoms with van der Waals surface area (Å²) in [6.07, 6.45) is 1.85. The average Bonchev–Trinajstić information content (AvgIpc) is 3.00. The molecule has 1 aliphatic rings. The predicted molar refractivity (Wildman–Crippen MR) is 87.6 cm³/mol. The Hall–Kier alpha value is -1.92. The van der Waals surface area contributed by atoms with Crippen molar-refractivity contribution in [1.82, 2.24) is 5.32 Å². The molecule has 0 aliphatic carbocycles. The molecule has 0 saturated carbocycles. The molecule has 1 aliphatic heterocycles. The first kappa shape index (κ1) is 17.4. The molecule has 0 bridgehead atoms. The molecule has 1 aromatic carbocycles. The smallest absolute Gasteiger partial charge is 0.321 e. The van der Waals surface area contributed by atoms with Gasteiger partial charge in [-0.25, -0.2) is 0 Å². The highest BCUT2D eigenvalue weighted by Crippen LogP contribution is 2.17. The van der Waals surface area contributed by atoms with Crippen molar-refractivity contribution in [3.05, 3.63) is 29.3 Å². The average molecular weight is 320 g/mol. The minimum atomic E-state index is -1.03. The van der Waals surface area contributed by atoms with Crippen LogP contribution in [-0.2, 0) is 14.3 Å². The molecule has 3 N–H and O–H groups in total. The summed E-state index contributed by atoms with van der Waals surface area (Å²) >= 11 is 0. The van der Waals surface area contributed by atoms with Gasteiger partial charge in [-0.15, -0.1) is 0 Å². The summed E-state index contributed by atoms with van der Waals surface area (Å²) in [6.45, 7) is 5.02.